The third kappa shape index (κ3) is 11.9. The molecule has 0 N–H and O–H groups in total. The maximum Gasteiger partial charge on any atom is 0.0562 e. The molecule has 20 aromatic carbocycles. The average molecular weight is 1600 g/mol. The lowest BCUT2D eigenvalue weighted by atomic mass is 10.00. The number of para-hydroxylation sites is 6. The van der Waals surface area contributed by atoms with Crippen LogP contribution in [0.2, 0.25) is 0 Å². The predicted octanol–water partition coefficient (Wildman–Crippen LogP) is 32.0. The highest BCUT2D eigenvalue weighted by Crippen LogP contribution is 2.47. The third-order valence-electron chi connectivity index (χ3n) is 26.0. The van der Waals surface area contributed by atoms with Crippen molar-refractivity contribution in [3.63, 3.8) is 0 Å². The molecule has 0 aliphatic heterocycles. The lowest BCUT2D eigenvalue weighted by Gasteiger charge is -2.11. The summed E-state index contributed by atoms with van der Waals surface area (Å²) in [6.07, 6.45) is 0. The predicted molar refractivity (Wildman–Crippen MR) is 532 cm³/mol. The smallest absolute Gasteiger partial charge is 0.0562 e. The monoisotopic (exact) mass is 1600 g/mol. The second kappa shape index (κ2) is 29.5. The van der Waals surface area contributed by atoms with E-state index in [4.69, 9.17) is 0 Å². The number of nitrogens with zero attached hydrogens (tertiary/aromatic N) is 6. The normalized spacial score (nSPS) is 11.8. The quantitative estimate of drug-likeness (QED) is 0.117. The number of fused-ring (bicyclic) bond motifs is 18. The van der Waals surface area contributed by atoms with Gasteiger partial charge in [0.2, 0.25) is 0 Å². The van der Waals surface area contributed by atoms with Crippen molar-refractivity contribution in [2.75, 3.05) is 0 Å². The minimum atomic E-state index is 1.13. The van der Waals surface area contributed by atoms with E-state index in [1.807, 2.05) is 0 Å². The van der Waals surface area contributed by atoms with Gasteiger partial charge in [0.15, 0.2) is 0 Å². The van der Waals surface area contributed by atoms with Crippen molar-refractivity contribution in [1.29, 1.82) is 0 Å². The maximum atomic E-state index is 2.46. The standard InChI is InChI=1S/2C60H39N3/c1-4-15-40(16-5-1)42-27-31-47(32-28-42)62-58-34-30-45(37-52(58)54-39-59-53(38-60(54)62)50-24-11-12-25-55(50)61(59)46-20-8-3-9-21-46)44-29-33-57-51(36-44)49-23-10-13-26-56(49)63(57)48-22-14-19-43(35-48)41-17-6-2-7-18-41;1-4-15-40(16-5-1)42-27-31-47(32-28-42)62-58-34-30-45(37-52(58)54-38-53-50-24-11-12-25-55(50)61(59(53)39-60(54)62)46-20-8-3-9-21-46)44-29-33-57-51(36-44)49-23-10-13-26-56(49)63(57)48-22-14-19-43(35-48)41-17-6-2-7-18-41/h2*1-39H. The molecule has 0 bridgehead atoms. The summed E-state index contributed by atoms with van der Waals surface area (Å²) >= 11 is 0. The first kappa shape index (κ1) is 72.1. The fraction of sp³-hybridized carbons (Fsp3) is 0. The first-order valence-electron chi connectivity index (χ1n) is 43.3. The van der Waals surface area contributed by atoms with Gasteiger partial charge in [-0.2, -0.15) is 0 Å². The molecule has 6 nitrogen and oxygen atoms in total. The van der Waals surface area contributed by atoms with Gasteiger partial charge in [-0.3, -0.25) is 0 Å². The van der Waals surface area contributed by atoms with Gasteiger partial charge in [0, 0.05) is 98.8 Å². The van der Waals surface area contributed by atoms with Crippen molar-refractivity contribution in [2.24, 2.45) is 0 Å². The van der Waals surface area contributed by atoms with Gasteiger partial charge < -0.3 is 27.4 Å². The van der Waals surface area contributed by atoms with E-state index in [1.165, 1.54) is 198 Å². The van der Waals surface area contributed by atoms with E-state index in [1.54, 1.807) is 0 Å². The van der Waals surface area contributed by atoms with E-state index >= 15 is 0 Å². The minimum Gasteiger partial charge on any atom is -0.309 e. The summed E-state index contributed by atoms with van der Waals surface area (Å²) in [6, 6.07) is 173. The summed E-state index contributed by atoms with van der Waals surface area (Å²) in [7, 11) is 0. The van der Waals surface area contributed by atoms with E-state index in [9.17, 15) is 0 Å². The van der Waals surface area contributed by atoms with E-state index < -0.39 is 0 Å². The Morgan fingerprint density at radius 2 is 0.278 bits per heavy atom. The van der Waals surface area contributed by atoms with Gasteiger partial charge in [-0.05, 0) is 237 Å². The minimum absolute atomic E-state index is 1.13. The van der Waals surface area contributed by atoms with E-state index in [0.29, 0.717) is 0 Å². The van der Waals surface area contributed by atoms with Crippen molar-refractivity contribution in [1.82, 2.24) is 27.4 Å². The van der Waals surface area contributed by atoms with Crippen LogP contribution >= 0.6 is 0 Å². The van der Waals surface area contributed by atoms with Gasteiger partial charge in [0.1, 0.15) is 0 Å². The van der Waals surface area contributed by atoms with Gasteiger partial charge in [0.05, 0.1) is 66.2 Å². The molecular weight excluding hydrogens is 1530 g/mol. The zero-order chi connectivity index (χ0) is 82.9. The van der Waals surface area contributed by atoms with Gasteiger partial charge >= 0.3 is 0 Å². The average Bonchev–Trinajstić information content (AvgIpc) is 1.56. The second-order valence-electron chi connectivity index (χ2n) is 33.1. The summed E-state index contributed by atoms with van der Waals surface area (Å²) in [5.41, 5.74) is 35.6. The molecule has 588 valence electrons. The number of hydrogen-bond donors (Lipinski definition) is 0. The molecule has 6 heterocycles. The van der Waals surface area contributed by atoms with Crippen molar-refractivity contribution < 1.29 is 0 Å². The Hall–Kier alpha value is -16.8. The molecule has 0 fully saturated rings. The number of hydrogen-bond acceptors (Lipinski definition) is 0. The van der Waals surface area contributed by atoms with E-state index in [0.717, 1.165) is 34.1 Å². The Labute approximate surface area is 727 Å². The molecule has 0 amide bonds. The lowest BCUT2D eigenvalue weighted by molar-refractivity contribution is 1.16. The lowest BCUT2D eigenvalue weighted by Crippen LogP contribution is -1.96. The highest BCUT2D eigenvalue weighted by Gasteiger charge is 2.25. The zero-order valence-corrected chi connectivity index (χ0v) is 68.7. The Balaban J connectivity index is 0.000000137. The first-order chi connectivity index (χ1) is 62.5. The van der Waals surface area contributed by atoms with Crippen LogP contribution in [-0.4, -0.2) is 27.4 Å². The van der Waals surface area contributed by atoms with Crippen LogP contribution in [0, 0.1) is 0 Å². The van der Waals surface area contributed by atoms with Crippen LogP contribution in [0.4, 0.5) is 0 Å². The van der Waals surface area contributed by atoms with Crippen LogP contribution in [0.1, 0.15) is 0 Å². The van der Waals surface area contributed by atoms with E-state index in [2.05, 4.69) is 501 Å². The number of aromatic nitrogens is 6. The van der Waals surface area contributed by atoms with Crippen LogP contribution in [0.5, 0.6) is 0 Å². The van der Waals surface area contributed by atoms with Gasteiger partial charge in [-0.25, -0.2) is 0 Å². The third-order valence-corrected chi connectivity index (χ3v) is 26.0. The maximum absolute atomic E-state index is 2.46. The SMILES string of the molecule is c1ccc(-c2ccc(-n3c4ccc(-c5ccc6c(c5)c5ccccc5n6-c5cccc(-c6ccccc6)c5)cc4c4cc5c(cc43)c3ccccc3n5-c3ccccc3)cc2)cc1.c1ccc(-c2ccc(-n3c4ccc(-c5ccc6c(c5)c5ccccc5n6-c5cccc(-c6ccccc6)c5)cc4c4cc5c6ccccc6n(-c6ccccc6)c5cc43)cc2)cc1. The van der Waals surface area contributed by atoms with Crippen molar-refractivity contribution in [3.8, 4) is 101 Å². The van der Waals surface area contributed by atoms with Gasteiger partial charge in [-0.1, -0.05) is 303 Å². The fourth-order valence-electron chi connectivity index (χ4n) is 20.2. The summed E-state index contributed by atoms with van der Waals surface area (Å²) in [4.78, 5) is 0. The van der Waals surface area contributed by atoms with Gasteiger partial charge in [0.25, 0.3) is 0 Å². The molecule has 0 radical (unpaired) electrons. The fourth-order valence-corrected chi connectivity index (χ4v) is 20.2. The molecule has 26 rings (SSSR count). The second-order valence-corrected chi connectivity index (χ2v) is 33.1. The zero-order valence-electron chi connectivity index (χ0n) is 68.7. The highest BCUT2D eigenvalue weighted by atomic mass is 15.0. The topological polar surface area (TPSA) is 29.6 Å². The molecule has 126 heavy (non-hydrogen) atoms. The van der Waals surface area contributed by atoms with Crippen LogP contribution in [0.25, 0.3) is 232 Å². The van der Waals surface area contributed by atoms with Crippen LogP contribution in [-0.2, 0) is 0 Å². The Morgan fingerprint density at radius 1 is 0.0873 bits per heavy atom. The molecule has 0 unspecified atom stereocenters. The summed E-state index contributed by atoms with van der Waals surface area (Å²) in [5.74, 6) is 0. The Bertz CT molecular complexity index is 8760. The summed E-state index contributed by atoms with van der Waals surface area (Å²) < 4.78 is 14.6. The largest absolute Gasteiger partial charge is 0.309 e. The van der Waals surface area contributed by atoms with Crippen LogP contribution < -0.4 is 0 Å². The van der Waals surface area contributed by atoms with Crippen LogP contribution in [0.3, 0.4) is 0 Å². The Morgan fingerprint density at radius 3 is 0.611 bits per heavy atom. The molecule has 0 spiro atoms. The Kier molecular flexibility index (Phi) is 16.9. The molecular formula is C120H78N6. The summed E-state index contributed by atoms with van der Waals surface area (Å²) in [6.45, 7) is 0. The van der Waals surface area contributed by atoms with Crippen molar-refractivity contribution in [3.05, 3.63) is 473 Å². The molecule has 6 aromatic heterocycles. The van der Waals surface area contributed by atoms with E-state index in [-0.39, 0.29) is 0 Å². The first-order valence-corrected chi connectivity index (χ1v) is 43.3. The molecule has 0 saturated carbocycles. The number of rotatable bonds is 12. The molecule has 26 aromatic rings. The molecule has 0 atom stereocenters. The van der Waals surface area contributed by atoms with Crippen LogP contribution in [0.15, 0.2) is 473 Å². The molecule has 6 heteroatoms. The molecule has 0 saturated heterocycles. The highest BCUT2D eigenvalue weighted by molar-refractivity contribution is 6.22. The van der Waals surface area contributed by atoms with Crippen molar-refractivity contribution in [2.45, 2.75) is 0 Å². The van der Waals surface area contributed by atoms with Gasteiger partial charge in [-0.15, -0.1) is 0 Å². The number of benzene rings is 20. The molecule has 0 aliphatic rings. The summed E-state index contributed by atoms with van der Waals surface area (Å²) in [5, 5.41) is 14.9. The van der Waals surface area contributed by atoms with Crippen molar-refractivity contribution >= 4 is 131 Å². The molecule has 0 aliphatic carbocycles.